The van der Waals surface area contributed by atoms with Crippen molar-refractivity contribution in [2.45, 2.75) is 31.2 Å². The molecule has 1 aliphatic rings. The Balaban J connectivity index is 1.97. The number of hydrazine groups is 1. The third kappa shape index (κ3) is 1.96. The van der Waals surface area contributed by atoms with E-state index in [0.29, 0.717) is 5.92 Å². The maximum atomic E-state index is 5.74. The van der Waals surface area contributed by atoms with Crippen LogP contribution in [0.25, 0.3) is 0 Å². The van der Waals surface area contributed by atoms with Crippen LogP contribution in [0, 0.1) is 0 Å². The van der Waals surface area contributed by atoms with E-state index in [1.165, 1.54) is 24.0 Å². The molecule has 2 aromatic rings. The summed E-state index contributed by atoms with van der Waals surface area (Å²) < 4.78 is 5.51. The number of benzene rings is 1. The van der Waals surface area contributed by atoms with Crippen molar-refractivity contribution >= 4 is 0 Å². The standard InChI is InChI=1S/C15H18N2O/c16-17-15(14-9-4-10-18-14)13-8-3-6-11-5-1-2-7-12(11)13/h1-2,4-5,7,9-10,13,15,17H,3,6,8,16H2. The second-order valence-corrected chi connectivity index (χ2v) is 4.86. The fourth-order valence-electron chi connectivity index (χ4n) is 3.00. The highest BCUT2D eigenvalue weighted by molar-refractivity contribution is 5.34. The van der Waals surface area contributed by atoms with E-state index in [2.05, 4.69) is 29.7 Å². The van der Waals surface area contributed by atoms with Crippen molar-refractivity contribution in [1.82, 2.24) is 5.43 Å². The van der Waals surface area contributed by atoms with Crippen LogP contribution in [0.4, 0.5) is 0 Å². The molecule has 0 spiro atoms. The lowest BCUT2D eigenvalue weighted by Gasteiger charge is -2.30. The van der Waals surface area contributed by atoms with Gasteiger partial charge in [0, 0.05) is 5.92 Å². The predicted octanol–water partition coefficient (Wildman–Crippen LogP) is 2.90. The van der Waals surface area contributed by atoms with Crippen LogP contribution < -0.4 is 11.3 Å². The molecule has 18 heavy (non-hydrogen) atoms. The van der Waals surface area contributed by atoms with Gasteiger partial charge in [0.15, 0.2) is 0 Å². The summed E-state index contributed by atoms with van der Waals surface area (Å²) in [5.41, 5.74) is 5.77. The molecule has 2 unspecified atom stereocenters. The van der Waals surface area contributed by atoms with Crippen molar-refractivity contribution in [2.75, 3.05) is 0 Å². The fraction of sp³-hybridized carbons (Fsp3) is 0.333. The summed E-state index contributed by atoms with van der Waals surface area (Å²) in [4.78, 5) is 0. The van der Waals surface area contributed by atoms with Gasteiger partial charge in [-0.15, -0.1) is 0 Å². The van der Waals surface area contributed by atoms with Crippen molar-refractivity contribution < 1.29 is 4.42 Å². The zero-order valence-electron chi connectivity index (χ0n) is 10.3. The minimum Gasteiger partial charge on any atom is -0.468 e. The summed E-state index contributed by atoms with van der Waals surface area (Å²) in [5.74, 6) is 7.05. The number of fused-ring (bicyclic) bond motifs is 1. The average molecular weight is 242 g/mol. The van der Waals surface area contributed by atoms with E-state index < -0.39 is 0 Å². The summed E-state index contributed by atoms with van der Waals surface area (Å²) in [6.07, 6.45) is 5.23. The lowest BCUT2D eigenvalue weighted by atomic mass is 9.78. The molecule has 0 radical (unpaired) electrons. The Bertz CT molecular complexity index is 507. The van der Waals surface area contributed by atoms with Gasteiger partial charge in [0.2, 0.25) is 0 Å². The van der Waals surface area contributed by atoms with Gasteiger partial charge in [-0.25, -0.2) is 5.43 Å². The zero-order chi connectivity index (χ0) is 12.4. The molecular weight excluding hydrogens is 224 g/mol. The molecule has 0 saturated carbocycles. The number of aryl methyl sites for hydroxylation is 1. The minimum absolute atomic E-state index is 0.0569. The van der Waals surface area contributed by atoms with Crippen LogP contribution in [0.1, 0.15) is 41.7 Å². The first-order chi connectivity index (χ1) is 8.90. The normalized spacial score (nSPS) is 20.4. The van der Waals surface area contributed by atoms with Crippen LogP contribution in [-0.2, 0) is 6.42 Å². The Labute approximate surface area is 107 Å². The minimum atomic E-state index is 0.0569. The molecular formula is C15H18N2O. The highest BCUT2D eigenvalue weighted by Crippen LogP contribution is 2.39. The van der Waals surface area contributed by atoms with Crippen LogP contribution in [0.3, 0.4) is 0 Å². The van der Waals surface area contributed by atoms with Gasteiger partial charge in [-0.3, -0.25) is 5.84 Å². The molecule has 1 aliphatic carbocycles. The van der Waals surface area contributed by atoms with E-state index in [1.807, 2.05) is 12.1 Å². The highest BCUT2D eigenvalue weighted by Gasteiger charge is 2.29. The topological polar surface area (TPSA) is 51.2 Å². The maximum absolute atomic E-state index is 5.74. The number of nitrogens with two attached hydrogens (primary N) is 1. The molecule has 3 N–H and O–H groups in total. The largest absolute Gasteiger partial charge is 0.468 e. The van der Waals surface area contributed by atoms with Crippen molar-refractivity contribution in [1.29, 1.82) is 0 Å². The lowest BCUT2D eigenvalue weighted by Crippen LogP contribution is -2.33. The highest BCUT2D eigenvalue weighted by atomic mass is 16.3. The van der Waals surface area contributed by atoms with E-state index in [4.69, 9.17) is 10.3 Å². The first-order valence-corrected chi connectivity index (χ1v) is 6.47. The van der Waals surface area contributed by atoms with Crippen LogP contribution in [0.15, 0.2) is 47.1 Å². The SMILES string of the molecule is NNC(c1ccco1)C1CCCc2ccccc21. The van der Waals surface area contributed by atoms with Gasteiger partial charge in [-0.2, -0.15) is 0 Å². The average Bonchev–Trinajstić information content (AvgIpc) is 2.94. The van der Waals surface area contributed by atoms with Crippen LogP contribution in [0.2, 0.25) is 0 Å². The van der Waals surface area contributed by atoms with E-state index in [0.717, 1.165) is 12.2 Å². The summed E-state index contributed by atoms with van der Waals surface area (Å²) in [7, 11) is 0. The Hall–Kier alpha value is -1.58. The van der Waals surface area contributed by atoms with Crippen molar-refractivity contribution in [2.24, 2.45) is 5.84 Å². The molecule has 3 heteroatoms. The molecule has 94 valence electrons. The van der Waals surface area contributed by atoms with E-state index in [-0.39, 0.29) is 6.04 Å². The first-order valence-electron chi connectivity index (χ1n) is 6.47. The summed E-state index contributed by atoms with van der Waals surface area (Å²) >= 11 is 0. The van der Waals surface area contributed by atoms with Crippen LogP contribution in [0.5, 0.6) is 0 Å². The van der Waals surface area contributed by atoms with Gasteiger partial charge in [0.1, 0.15) is 5.76 Å². The predicted molar refractivity (Wildman–Crippen MR) is 70.9 cm³/mol. The smallest absolute Gasteiger partial charge is 0.122 e. The summed E-state index contributed by atoms with van der Waals surface area (Å²) in [6, 6.07) is 12.6. The number of hydrogen-bond donors (Lipinski definition) is 2. The van der Waals surface area contributed by atoms with Crippen molar-refractivity contribution in [3.63, 3.8) is 0 Å². The van der Waals surface area contributed by atoms with Gasteiger partial charge in [0.05, 0.1) is 12.3 Å². The maximum Gasteiger partial charge on any atom is 0.122 e. The van der Waals surface area contributed by atoms with E-state index >= 15 is 0 Å². The van der Waals surface area contributed by atoms with Gasteiger partial charge in [-0.1, -0.05) is 24.3 Å². The van der Waals surface area contributed by atoms with Gasteiger partial charge < -0.3 is 4.42 Å². The van der Waals surface area contributed by atoms with Gasteiger partial charge >= 0.3 is 0 Å². The summed E-state index contributed by atoms with van der Waals surface area (Å²) in [5, 5.41) is 0. The van der Waals surface area contributed by atoms with Gasteiger partial charge in [0.25, 0.3) is 0 Å². The Kier molecular flexibility index (Phi) is 3.17. The second-order valence-electron chi connectivity index (χ2n) is 4.86. The monoisotopic (exact) mass is 242 g/mol. The number of rotatable bonds is 3. The third-order valence-corrected chi connectivity index (χ3v) is 3.85. The molecule has 0 bridgehead atoms. The molecule has 0 fully saturated rings. The molecule has 0 aliphatic heterocycles. The molecule has 1 aromatic heterocycles. The second kappa shape index (κ2) is 4.96. The number of nitrogens with one attached hydrogen (secondary N) is 1. The summed E-state index contributed by atoms with van der Waals surface area (Å²) in [6.45, 7) is 0. The first kappa shape index (κ1) is 11.5. The molecule has 3 nitrogen and oxygen atoms in total. The number of hydrogen-bond acceptors (Lipinski definition) is 3. The van der Waals surface area contributed by atoms with Crippen molar-refractivity contribution in [3.05, 3.63) is 59.5 Å². The Morgan fingerprint density at radius 3 is 2.89 bits per heavy atom. The van der Waals surface area contributed by atoms with Crippen LogP contribution >= 0.6 is 0 Å². The Morgan fingerprint density at radius 1 is 1.22 bits per heavy atom. The fourth-order valence-corrected chi connectivity index (χ4v) is 3.00. The van der Waals surface area contributed by atoms with Gasteiger partial charge in [-0.05, 0) is 42.5 Å². The Morgan fingerprint density at radius 2 is 2.11 bits per heavy atom. The zero-order valence-corrected chi connectivity index (χ0v) is 10.3. The molecule has 1 aromatic carbocycles. The molecule has 1 heterocycles. The van der Waals surface area contributed by atoms with E-state index in [9.17, 15) is 0 Å². The molecule has 3 rings (SSSR count). The van der Waals surface area contributed by atoms with Crippen LogP contribution in [-0.4, -0.2) is 0 Å². The number of furan rings is 1. The van der Waals surface area contributed by atoms with E-state index in [1.54, 1.807) is 6.26 Å². The van der Waals surface area contributed by atoms with Crippen molar-refractivity contribution in [3.8, 4) is 0 Å². The molecule has 0 amide bonds. The lowest BCUT2D eigenvalue weighted by molar-refractivity contribution is 0.345. The molecule has 2 atom stereocenters. The quantitative estimate of drug-likeness (QED) is 0.642. The third-order valence-electron chi connectivity index (χ3n) is 3.85. The molecule has 0 saturated heterocycles.